The van der Waals surface area contributed by atoms with Crippen LogP contribution in [0.3, 0.4) is 0 Å². The van der Waals surface area contributed by atoms with Crippen LogP contribution in [0.5, 0.6) is 0 Å². The molecule has 0 spiro atoms. The molecule has 0 unspecified atom stereocenters. The Morgan fingerprint density at radius 3 is 2.58 bits per heavy atom. The second kappa shape index (κ2) is 11.8. The molecule has 10 heteroatoms. The zero-order chi connectivity index (χ0) is 23.0. The van der Waals surface area contributed by atoms with Crippen LogP contribution >= 0.6 is 11.8 Å². The molecule has 1 aliphatic rings. The van der Waals surface area contributed by atoms with E-state index in [4.69, 9.17) is 19.6 Å². The molecule has 174 valence electrons. The van der Waals surface area contributed by atoms with Gasteiger partial charge in [0.05, 0.1) is 32.5 Å². The maximum Gasteiger partial charge on any atom is 0.416 e. The van der Waals surface area contributed by atoms with Crippen molar-refractivity contribution in [2.24, 2.45) is 0 Å². The van der Waals surface area contributed by atoms with Crippen molar-refractivity contribution < 1.29 is 34.3 Å². The summed E-state index contributed by atoms with van der Waals surface area (Å²) in [6, 6.07) is 9.60. The summed E-state index contributed by atoms with van der Waals surface area (Å²) >= 11 is 0.911. The highest BCUT2D eigenvalue weighted by Crippen LogP contribution is 2.29. The lowest BCUT2D eigenvalue weighted by Crippen LogP contribution is -2.50. The molecule has 1 aliphatic heterocycles. The summed E-state index contributed by atoms with van der Waals surface area (Å²) in [6.45, 7) is 5.39. The van der Waals surface area contributed by atoms with Crippen LogP contribution < -0.4 is 0 Å². The Bertz CT molecular complexity index is 713. The van der Waals surface area contributed by atoms with E-state index in [1.54, 1.807) is 20.8 Å². The fourth-order valence-corrected chi connectivity index (χ4v) is 3.88. The molecular weight excluding hydrogens is 424 g/mol. The Hall–Kier alpha value is -1.69. The summed E-state index contributed by atoms with van der Waals surface area (Å²) in [5.41, 5.74) is -0.457. The van der Waals surface area contributed by atoms with Crippen LogP contribution in [0.25, 0.3) is 0 Å². The SMILES string of the molecule is CC(C)(C)OC(=O)N(CCOCc1ccccc1)C(=N)S[C@@H]1C[C@@H](O)[C@H](O)[C@@H](CO)O1. The zero-order valence-electron chi connectivity index (χ0n) is 18.1. The molecule has 1 fully saturated rings. The number of aliphatic hydroxyl groups excluding tert-OH is 3. The predicted octanol–water partition coefficient (Wildman–Crippen LogP) is 1.94. The molecule has 1 aromatic carbocycles. The van der Waals surface area contributed by atoms with Crippen LogP contribution in [0.1, 0.15) is 32.8 Å². The van der Waals surface area contributed by atoms with Crippen molar-refractivity contribution in [1.82, 2.24) is 4.90 Å². The van der Waals surface area contributed by atoms with Gasteiger partial charge in [0, 0.05) is 6.42 Å². The number of thioether (sulfide) groups is 1. The van der Waals surface area contributed by atoms with Crippen LogP contribution in [0.15, 0.2) is 30.3 Å². The quantitative estimate of drug-likeness (QED) is 0.278. The van der Waals surface area contributed by atoms with Gasteiger partial charge in [-0.1, -0.05) is 42.1 Å². The number of rotatable bonds is 7. The van der Waals surface area contributed by atoms with E-state index < -0.39 is 42.0 Å². The van der Waals surface area contributed by atoms with Crippen LogP contribution in [0.2, 0.25) is 0 Å². The Balaban J connectivity index is 1.97. The minimum Gasteiger partial charge on any atom is -0.443 e. The van der Waals surface area contributed by atoms with E-state index in [1.807, 2.05) is 30.3 Å². The molecule has 0 bridgehead atoms. The normalized spacial score (nSPS) is 23.9. The highest BCUT2D eigenvalue weighted by molar-refractivity contribution is 8.14. The number of hydrogen-bond acceptors (Lipinski definition) is 9. The summed E-state index contributed by atoms with van der Waals surface area (Å²) in [4.78, 5) is 13.8. The number of nitrogens with one attached hydrogen (secondary N) is 1. The molecule has 1 saturated heterocycles. The Kier molecular flexibility index (Phi) is 9.73. The second-order valence-corrected chi connectivity index (χ2v) is 9.32. The summed E-state index contributed by atoms with van der Waals surface area (Å²) in [5.74, 6) is 0. The Labute approximate surface area is 186 Å². The van der Waals surface area contributed by atoms with Crippen molar-refractivity contribution >= 4 is 23.0 Å². The van der Waals surface area contributed by atoms with Crippen molar-refractivity contribution in [3.63, 3.8) is 0 Å². The summed E-state index contributed by atoms with van der Waals surface area (Å²) in [5, 5.41) is 37.4. The van der Waals surface area contributed by atoms with Crippen LogP contribution in [-0.2, 0) is 20.8 Å². The van der Waals surface area contributed by atoms with Gasteiger partial charge < -0.3 is 29.5 Å². The molecule has 0 saturated carbocycles. The van der Waals surface area contributed by atoms with Crippen molar-refractivity contribution in [3.8, 4) is 0 Å². The first-order chi connectivity index (χ1) is 14.6. The molecule has 1 aromatic rings. The van der Waals surface area contributed by atoms with E-state index in [2.05, 4.69) is 0 Å². The highest BCUT2D eigenvalue weighted by atomic mass is 32.2. The van der Waals surface area contributed by atoms with Gasteiger partial charge in [-0.15, -0.1) is 0 Å². The molecular formula is C21H32N2O7S. The smallest absolute Gasteiger partial charge is 0.416 e. The van der Waals surface area contributed by atoms with E-state index in [-0.39, 0.29) is 24.7 Å². The van der Waals surface area contributed by atoms with Gasteiger partial charge in [-0.3, -0.25) is 10.3 Å². The molecule has 31 heavy (non-hydrogen) atoms. The van der Waals surface area contributed by atoms with Crippen molar-refractivity contribution in [3.05, 3.63) is 35.9 Å². The third kappa shape index (κ3) is 8.40. The van der Waals surface area contributed by atoms with Gasteiger partial charge in [-0.25, -0.2) is 4.79 Å². The van der Waals surface area contributed by atoms with Gasteiger partial charge >= 0.3 is 6.09 Å². The first-order valence-electron chi connectivity index (χ1n) is 10.1. The average molecular weight is 457 g/mol. The van der Waals surface area contributed by atoms with Crippen molar-refractivity contribution in [2.75, 3.05) is 19.8 Å². The minimum absolute atomic E-state index is 0.0530. The molecule has 4 atom stereocenters. The monoisotopic (exact) mass is 456 g/mol. The summed E-state index contributed by atoms with van der Waals surface area (Å²) in [7, 11) is 0. The maximum atomic E-state index is 12.7. The number of carbonyl (C=O) groups is 1. The number of aliphatic hydroxyl groups is 3. The number of benzene rings is 1. The maximum absolute atomic E-state index is 12.7. The molecule has 1 amide bonds. The molecule has 0 aromatic heterocycles. The first kappa shape index (κ1) is 25.6. The van der Waals surface area contributed by atoms with Crippen LogP contribution in [0, 0.1) is 5.41 Å². The summed E-state index contributed by atoms with van der Waals surface area (Å²) in [6.07, 6.45) is -3.90. The first-order valence-corrected chi connectivity index (χ1v) is 11.0. The fourth-order valence-electron chi connectivity index (χ4n) is 2.84. The standard InChI is InChI=1S/C21H32N2O7S/c1-21(2,3)30-20(27)23(9-10-28-13-14-7-5-4-6-8-14)19(22)31-17-11-15(25)18(26)16(12-24)29-17/h4-8,15-18,22,24-26H,9-13H2,1-3H3/t15-,16-,17-,18+/m1/s1. The largest absolute Gasteiger partial charge is 0.443 e. The van der Waals surface area contributed by atoms with E-state index in [0.29, 0.717) is 6.61 Å². The molecule has 0 radical (unpaired) electrons. The Morgan fingerprint density at radius 1 is 1.29 bits per heavy atom. The molecule has 0 aliphatic carbocycles. The van der Waals surface area contributed by atoms with Crippen molar-refractivity contribution in [1.29, 1.82) is 5.41 Å². The van der Waals surface area contributed by atoms with E-state index in [0.717, 1.165) is 22.2 Å². The third-order valence-corrected chi connectivity index (χ3v) is 5.40. The second-order valence-electron chi connectivity index (χ2n) is 8.17. The molecule has 9 nitrogen and oxygen atoms in total. The molecule has 2 rings (SSSR count). The van der Waals surface area contributed by atoms with Gasteiger partial charge in [0.2, 0.25) is 0 Å². The number of nitrogens with zero attached hydrogens (tertiary/aromatic N) is 1. The minimum atomic E-state index is -1.20. The fraction of sp³-hybridized carbons (Fsp3) is 0.619. The number of carbonyl (C=O) groups excluding carboxylic acids is 1. The lowest BCUT2D eigenvalue weighted by Gasteiger charge is -2.36. The zero-order valence-corrected chi connectivity index (χ0v) is 18.9. The predicted molar refractivity (Wildman–Crippen MR) is 117 cm³/mol. The molecule has 1 heterocycles. The number of hydrogen-bond donors (Lipinski definition) is 4. The number of amidine groups is 1. The average Bonchev–Trinajstić information content (AvgIpc) is 2.69. The van der Waals surface area contributed by atoms with Gasteiger partial charge in [0.1, 0.15) is 23.2 Å². The van der Waals surface area contributed by atoms with Gasteiger partial charge in [0.25, 0.3) is 0 Å². The topological polar surface area (TPSA) is 133 Å². The number of ether oxygens (including phenoxy) is 3. The highest BCUT2D eigenvalue weighted by Gasteiger charge is 2.38. The number of amides is 1. The van der Waals surface area contributed by atoms with Gasteiger partial charge in [-0.05, 0) is 26.3 Å². The van der Waals surface area contributed by atoms with E-state index in [9.17, 15) is 20.1 Å². The van der Waals surface area contributed by atoms with E-state index >= 15 is 0 Å². The lowest BCUT2D eigenvalue weighted by atomic mass is 10.0. The van der Waals surface area contributed by atoms with Crippen LogP contribution in [-0.4, -0.2) is 80.6 Å². The molecule has 4 N–H and O–H groups in total. The van der Waals surface area contributed by atoms with Crippen LogP contribution in [0.4, 0.5) is 4.79 Å². The van der Waals surface area contributed by atoms with Gasteiger partial charge in [-0.2, -0.15) is 0 Å². The van der Waals surface area contributed by atoms with Crippen molar-refractivity contribution in [2.45, 2.75) is 63.1 Å². The van der Waals surface area contributed by atoms with Gasteiger partial charge in [0.15, 0.2) is 5.17 Å². The Morgan fingerprint density at radius 2 is 1.97 bits per heavy atom. The summed E-state index contributed by atoms with van der Waals surface area (Å²) < 4.78 is 16.6. The lowest BCUT2D eigenvalue weighted by molar-refractivity contribution is -0.156. The third-order valence-electron chi connectivity index (χ3n) is 4.39. The van der Waals surface area contributed by atoms with E-state index in [1.165, 1.54) is 0 Å².